The Labute approximate surface area is 155 Å². The Morgan fingerprint density at radius 1 is 1.26 bits per heavy atom. The fourth-order valence-corrected chi connectivity index (χ4v) is 4.09. The first-order valence-corrected chi connectivity index (χ1v) is 9.91. The van der Waals surface area contributed by atoms with Crippen LogP contribution in [0.5, 0.6) is 5.75 Å². The van der Waals surface area contributed by atoms with Gasteiger partial charge in [-0.3, -0.25) is 4.79 Å². The van der Waals surface area contributed by atoms with E-state index in [0.29, 0.717) is 12.0 Å². The summed E-state index contributed by atoms with van der Waals surface area (Å²) in [7, 11) is -3.12. The lowest BCUT2D eigenvalue weighted by atomic mass is 10.2. The number of hydrogen-bond donors (Lipinski definition) is 1. The maximum Gasteiger partial charge on any atom is 0.387 e. The van der Waals surface area contributed by atoms with Crippen molar-refractivity contribution < 1.29 is 36.3 Å². The van der Waals surface area contributed by atoms with Crippen LogP contribution in [-0.4, -0.2) is 50.6 Å². The summed E-state index contributed by atoms with van der Waals surface area (Å²) in [4.78, 5) is 23.7. The summed E-state index contributed by atoms with van der Waals surface area (Å²) < 4.78 is 56.1. The molecule has 7 nitrogen and oxygen atoms in total. The van der Waals surface area contributed by atoms with Gasteiger partial charge in [-0.25, -0.2) is 13.2 Å². The predicted molar refractivity (Wildman–Crippen MR) is 92.9 cm³/mol. The molecule has 2 rings (SSSR count). The lowest BCUT2D eigenvalue weighted by Gasteiger charge is -2.15. The van der Waals surface area contributed by atoms with Crippen molar-refractivity contribution in [1.29, 1.82) is 0 Å². The van der Waals surface area contributed by atoms with Crippen LogP contribution in [0.3, 0.4) is 0 Å². The van der Waals surface area contributed by atoms with Crippen molar-refractivity contribution >= 4 is 27.8 Å². The molecular weight excluding hydrogens is 384 g/mol. The molecule has 1 heterocycles. The summed E-state index contributed by atoms with van der Waals surface area (Å²) in [5.41, 5.74) is 0.543. The third kappa shape index (κ3) is 6.97. The van der Waals surface area contributed by atoms with E-state index in [-0.39, 0.29) is 17.3 Å². The Balaban J connectivity index is 1.81. The molecular formula is C17H19F2NO6S. The Bertz CT molecular complexity index is 807. The first kappa shape index (κ1) is 20.8. The number of nitrogens with one attached hydrogen (secondary N) is 1. The molecule has 0 spiro atoms. The molecule has 1 aromatic rings. The second-order valence-corrected chi connectivity index (χ2v) is 8.20. The van der Waals surface area contributed by atoms with Crippen LogP contribution in [0.4, 0.5) is 8.78 Å². The summed E-state index contributed by atoms with van der Waals surface area (Å²) in [5.74, 6) is -1.46. The standard InChI is InChI=1S/C17H19F2NO6S/c1-11(16(22)20-13-8-9-27(23,24)10-13)25-15(21)7-4-12-2-5-14(6-3-12)26-17(18)19/h2-7,11,13,17H,8-10H2,1H3,(H,20,22)/b7-4+/t11-,13-/m0/s1. The number of halogens is 2. The third-order valence-electron chi connectivity index (χ3n) is 3.76. The van der Waals surface area contributed by atoms with Crippen molar-refractivity contribution in [3.05, 3.63) is 35.9 Å². The van der Waals surface area contributed by atoms with Crippen molar-refractivity contribution in [2.24, 2.45) is 0 Å². The van der Waals surface area contributed by atoms with Gasteiger partial charge in [0.25, 0.3) is 5.91 Å². The Kier molecular flexibility index (Phi) is 6.89. The van der Waals surface area contributed by atoms with E-state index < -0.39 is 40.5 Å². The molecule has 0 unspecified atom stereocenters. The number of ether oxygens (including phenoxy) is 2. The highest BCUT2D eigenvalue weighted by atomic mass is 32.2. The number of esters is 1. The van der Waals surface area contributed by atoms with Crippen LogP contribution in [-0.2, 0) is 24.2 Å². The molecule has 1 amide bonds. The van der Waals surface area contributed by atoms with E-state index in [2.05, 4.69) is 10.1 Å². The summed E-state index contributed by atoms with van der Waals surface area (Å²) in [6, 6.07) is 5.11. The largest absolute Gasteiger partial charge is 0.449 e. The molecule has 1 fully saturated rings. The first-order chi connectivity index (χ1) is 12.6. The number of hydrogen-bond acceptors (Lipinski definition) is 6. The second-order valence-electron chi connectivity index (χ2n) is 5.97. The molecule has 0 radical (unpaired) electrons. The monoisotopic (exact) mass is 403 g/mol. The average molecular weight is 403 g/mol. The van der Waals surface area contributed by atoms with E-state index in [1.807, 2.05) is 0 Å². The van der Waals surface area contributed by atoms with Crippen molar-refractivity contribution in [2.45, 2.75) is 32.1 Å². The predicted octanol–water partition coefficient (Wildman–Crippen LogP) is 1.54. The maximum absolute atomic E-state index is 12.1. The van der Waals surface area contributed by atoms with Crippen LogP contribution in [0.15, 0.2) is 30.3 Å². The molecule has 1 aromatic carbocycles. The van der Waals surface area contributed by atoms with Crippen LogP contribution in [0, 0.1) is 0 Å². The fourth-order valence-electron chi connectivity index (χ4n) is 2.42. The van der Waals surface area contributed by atoms with E-state index in [9.17, 15) is 26.8 Å². The summed E-state index contributed by atoms with van der Waals surface area (Å²) in [6.07, 6.45) is 1.72. The lowest BCUT2D eigenvalue weighted by molar-refractivity contribution is -0.150. The summed E-state index contributed by atoms with van der Waals surface area (Å²) in [6.45, 7) is -1.54. The number of rotatable bonds is 7. The van der Waals surface area contributed by atoms with Gasteiger partial charge < -0.3 is 14.8 Å². The van der Waals surface area contributed by atoms with Gasteiger partial charge in [-0.15, -0.1) is 0 Å². The number of amides is 1. The van der Waals surface area contributed by atoms with E-state index >= 15 is 0 Å². The van der Waals surface area contributed by atoms with Crippen LogP contribution < -0.4 is 10.1 Å². The molecule has 1 aliphatic rings. The molecule has 27 heavy (non-hydrogen) atoms. The van der Waals surface area contributed by atoms with Crippen molar-refractivity contribution in [3.63, 3.8) is 0 Å². The van der Waals surface area contributed by atoms with Gasteiger partial charge in [0.2, 0.25) is 0 Å². The quantitative estimate of drug-likeness (QED) is 0.548. The molecule has 1 aliphatic heterocycles. The molecule has 0 aromatic heterocycles. The third-order valence-corrected chi connectivity index (χ3v) is 5.53. The van der Waals surface area contributed by atoms with E-state index in [4.69, 9.17) is 4.74 Å². The molecule has 1 saturated heterocycles. The highest BCUT2D eigenvalue weighted by molar-refractivity contribution is 7.91. The highest BCUT2D eigenvalue weighted by Crippen LogP contribution is 2.16. The molecule has 1 N–H and O–H groups in total. The zero-order chi connectivity index (χ0) is 20.0. The van der Waals surface area contributed by atoms with E-state index in [0.717, 1.165) is 6.08 Å². The van der Waals surface area contributed by atoms with Crippen LogP contribution >= 0.6 is 0 Å². The van der Waals surface area contributed by atoms with Gasteiger partial charge in [-0.05, 0) is 37.1 Å². The molecule has 10 heteroatoms. The highest BCUT2D eigenvalue weighted by Gasteiger charge is 2.30. The topological polar surface area (TPSA) is 98.8 Å². The van der Waals surface area contributed by atoms with Gasteiger partial charge in [0, 0.05) is 12.1 Å². The lowest BCUT2D eigenvalue weighted by Crippen LogP contribution is -2.42. The van der Waals surface area contributed by atoms with Gasteiger partial charge in [0.1, 0.15) is 5.75 Å². The number of benzene rings is 1. The molecule has 0 bridgehead atoms. The van der Waals surface area contributed by atoms with E-state index in [1.165, 1.54) is 37.3 Å². The second kappa shape index (κ2) is 8.94. The Morgan fingerprint density at radius 2 is 1.93 bits per heavy atom. The van der Waals surface area contributed by atoms with Crippen LogP contribution in [0.2, 0.25) is 0 Å². The maximum atomic E-state index is 12.1. The average Bonchev–Trinajstić information content (AvgIpc) is 2.92. The molecule has 0 saturated carbocycles. The number of sulfone groups is 1. The van der Waals surface area contributed by atoms with E-state index in [1.54, 1.807) is 0 Å². The fraction of sp³-hybridized carbons (Fsp3) is 0.412. The summed E-state index contributed by atoms with van der Waals surface area (Å²) >= 11 is 0. The molecule has 2 atom stereocenters. The van der Waals surface area contributed by atoms with Gasteiger partial charge >= 0.3 is 12.6 Å². The number of carbonyl (C=O) groups is 2. The van der Waals surface area contributed by atoms with Gasteiger partial charge in [0.15, 0.2) is 15.9 Å². The van der Waals surface area contributed by atoms with Crippen molar-refractivity contribution in [3.8, 4) is 5.75 Å². The SMILES string of the molecule is C[C@H](OC(=O)/C=C/c1ccc(OC(F)F)cc1)C(=O)N[C@H]1CCS(=O)(=O)C1. The smallest absolute Gasteiger partial charge is 0.387 e. The normalized spacial score (nSPS) is 19.8. The number of alkyl halides is 2. The first-order valence-electron chi connectivity index (χ1n) is 8.09. The van der Waals surface area contributed by atoms with Gasteiger partial charge in [-0.1, -0.05) is 12.1 Å². The van der Waals surface area contributed by atoms with Gasteiger partial charge in [-0.2, -0.15) is 8.78 Å². The zero-order valence-electron chi connectivity index (χ0n) is 14.4. The summed E-state index contributed by atoms with van der Waals surface area (Å²) in [5, 5.41) is 2.54. The molecule has 148 valence electrons. The van der Waals surface area contributed by atoms with Crippen molar-refractivity contribution in [2.75, 3.05) is 11.5 Å². The number of carbonyl (C=O) groups excluding carboxylic acids is 2. The zero-order valence-corrected chi connectivity index (χ0v) is 15.2. The minimum Gasteiger partial charge on any atom is -0.449 e. The minimum absolute atomic E-state index is 0.0102. The molecule has 0 aliphatic carbocycles. The van der Waals surface area contributed by atoms with Gasteiger partial charge in [0.05, 0.1) is 11.5 Å². The minimum atomic E-state index is -3.12. The van der Waals surface area contributed by atoms with Crippen LogP contribution in [0.25, 0.3) is 6.08 Å². The Hall–Kier alpha value is -2.49. The Morgan fingerprint density at radius 3 is 2.48 bits per heavy atom. The van der Waals surface area contributed by atoms with Crippen molar-refractivity contribution in [1.82, 2.24) is 5.32 Å². The van der Waals surface area contributed by atoms with Crippen LogP contribution in [0.1, 0.15) is 18.9 Å².